The van der Waals surface area contributed by atoms with Gasteiger partial charge < -0.3 is 30.9 Å². The van der Waals surface area contributed by atoms with Gasteiger partial charge in [0.2, 0.25) is 17.6 Å². The lowest BCUT2D eigenvalue weighted by atomic mass is 9.79. The normalized spacial score (nSPS) is 26.0. The van der Waals surface area contributed by atoms with Crippen LogP contribution in [0, 0.1) is 17.3 Å². The van der Waals surface area contributed by atoms with Crippen LogP contribution >= 0.6 is 22.6 Å². The first kappa shape index (κ1) is 42.1. The number of sulfone groups is 1. The number of halogens is 1. The number of ketones is 1. The quantitative estimate of drug-likeness (QED) is 0.0893. The van der Waals surface area contributed by atoms with Crippen molar-refractivity contribution in [1.29, 1.82) is 0 Å². The van der Waals surface area contributed by atoms with E-state index in [1.165, 1.54) is 11.0 Å². The van der Waals surface area contributed by atoms with E-state index in [2.05, 4.69) is 50.4 Å². The van der Waals surface area contributed by atoms with Crippen LogP contribution in [-0.2, 0) is 33.8 Å². The van der Waals surface area contributed by atoms with Crippen molar-refractivity contribution in [1.82, 2.24) is 26.2 Å². The van der Waals surface area contributed by atoms with Crippen LogP contribution in [0.25, 0.3) is 0 Å². The highest BCUT2D eigenvalue weighted by Gasteiger charge is 2.52. The maximum atomic E-state index is 14.6. The first-order valence-corrected chi connectivity index (χ1v) is 20.9. The number of ether oxygens (including phenoxy) is 1. The zero-order chi connectivity index (χ0) is 37.4. The Hall–Kier alpha value is -2.27. The highest BCUT2D eigenvalue weighted by atomic mass is 127. The molecular weight excluding hydrogens is 777 g/mol. The lowest BCUT2D eigenvalue weighted by Gasteiger charge is -2.45. The van der Waals surface area contributed by atoms with Crippen LogP contribution in [-0.4, -0.2) is 108 Å². The van der Waals surface area contributed by atoms with Gasteiger partial charge >= 0.3 is 6.03 Å². The molecule has 2 saturated heterocycles. The number of hydrogen-bond donors (Lipinski definition) is 4. The van der Waals surface area contributed by atoms with Gasteiger partial charge in [-0.3, -0.25) is 19.2 Å². The first-order valence-electron chi connectivity index (χ1n) is 18.0. The second-order valence-corrected chi connectivity index (χ2v) is 19.1. The molecule has 3 fully saturated rings. The predicted molar refractivity (Wildman–Crippen MR) is 200 cm³/mol. The largest absolute Gasteiger partial charge is 0.379 e. The Balaban J connectivity index is 1.90. The molecule has 3 rings (SSSR count). The number of carbonyl (C=O) groups excluding carboxylic acids is 5. The van der Waals surface area contributed by atoms with Crippen LogP contribution in [0.4, 0.5) is 4.79 Å². The molecule has 13 nitrogen and oxygen atoms in total. The van der Waals surface area contributed by atoms with Crippen molar-refractivity contribution in [2.75, 3.05) is 32.1 Å². The molecule has 15 heteroatoms. The average molecular weight is 836 g/mol. The molecule has 2 aliphatic heterocycles. The molecule has 3 aliphatic rings. The fourth-order valence-corrected chi connectivity index (χ4v) is 11.0. The van der Waals surface area contributed by atoms with Gasteiger partial charge in [-0.2, -0.15) is 0 Å². The summed E-state index contributed by atoms with van der Waals surface area (Å²) in [6.07, 6.45) is 6.46. The molecule has 50 heavy (non-hydrogen) atoms. The molecule has 1 saturated carbocycles. The third-order valence-corrected chi connectivity index (χ3v) is 14.1. The van der Waals surface area contributed by atoms with Crippen LogP contribution in [0.5, 0.6) is 0 Å². The van der Waals surface area contributed by atoms with Crippen molar-refractivity contribution in [2.45, 2.75) is 126 Å². The van der Waals surface area contributed by atoms with E-state index < -0.39 is 73.7 Å². The van der Waals surface area contributed by atoms with Gasteiger partial charge in [-0.25, -0.2) is 13.2 Å². The molecule has 4 N–H and O–H groups in total. The van der Waals surface area contributed by atoms with E-state index in [4.69, 9.17) is 4.74 Å². The Kier molecular flexibility index (Phi) is 15.2. The molecular formula is C35H58IN5O8S. The Morgan fingerprint density at radius 3 is 2.30 bits per heavy atom. The molecule has 0 aromatic carbocycles. The summed E-state index contributed by atoms with van der Waals surface area (Å²) < 4.78 is 31.7. The minimum absolute atomic E-state index is 0.000119. The summed E-state index contributed by atoms with van der Waals surface area (Å²) in [6.45, 7) is 15.5. The van der Waals surface area contributed by atoms with E-state index >= 15 is 0 Å². The number of unbranched alkanes of at least 4 members (excludes halogenated alkanes) is 1. The van der Waals surface area contributed by atoms with Crippen molar-refractivity contribution in [3.8, 4) is 0 Å². The van der Waals surface area contributed by atoms with Crippen LogP contribution in [0.2, 0.25) is 0 Å². The average Bonchev–Trinajstić information content (AvgIpc) is 3.40. The highest BCUT2D eigenvalue weighted by molar-refractivity contribution is 14.1. The van der Waals surface area contributed by atoms with Crippen molar-refractivity contribution < 1.29 is 37.1 Å². The highest BCUT2D eigenvalue weighted by Crippen LogP contribution is 2.38. The lowest BCUT2D eigenvalue weighted by Crippen LogP contribution is -2.67. The summed E-state index contributed by atoms with van der Waals surface area (Å²) >= 11 is 2.20. The number of hydrogen-bond acceptors (Lipinski definition) is 8. The molecule has 0 aromatic rings. The minimum Gasteiger partial charge on any atom is -0.379 e. The summed E-state index contributed by atoms with van der Waals surface area (Å²) in [4.78, 5) is 69.8. The molecule has 0 bridgehead atoms. The van der Waals surface area contributed by atoms with Crippen LogP contribution in [0.15, 0.2) is 12.7 Å². The number of rotatable bonds is 14. The van der Waals surface area contributed by atoms with Gasteiger partial charge in [0.15, 0.2) is 9.84 Å². The minimum atomic E-state index is -3.52. The van der Waals surface area contributed by atoms with Crippen molar-refractivity contribution in [2.24, 2.45) is 17.3 Å². The number of nitrogens with one attached hydrogen (secondary N) is 4. The molecule has 6 atom stereocenters. The lowest BCUT2D eigenvalue weighted by molar-refractivity contribution is -0.143. The maximum absolute atomic E-state index is 14.6. The molecule has 284 valence electrons. The molecule has 5 amide bonds. The van der Waals surface area contributed by atoms with Crippen LogP contribution in [0.3, 0.4) is 0 Å². The summed E-state index contributed by atoms with van der Waals surface area (Å²) in [7, 11) is -3.52. The van der Waals surface area contributed by atoms with Gasteiger partial charge in [0, 0.05) is 17.0 Å². The maximum Gasteiger partial charge on any atom is 0.315 e. The molecule has 4 unspecified atom stereocenters. The third kappa shape index (κ3) is 10.2. The second kappa shape index (κ2) is 18.0. The number of Topliss-reactive ketones (excluding diaryl/α,β-unsaturated/α-hetero) is 1. The van der Waals surface area contributed by atoms with E-state index in [9.17, 15) is 32.4 Å². The fraction of sp³-hybridized carbons (Fsp3) is 0.800. The summed E-state index contributed by atoms with van der Waals surface area (Å²) in [5.41, 5.74) is -1.83. The molecule has 0 aromatic heterocycles. The van der Waals surface area contributed by atoms with Crippen LogP contribution < -0.4 is 21.3 Å². The summed E-state index contributed by atoms with van der Waals surface area (Å²) in [5, 5.41) is 10.3. The van der Waals surface area contributed by atoms with Gasteiger partial charge in [0.1, 0.15) is 17.3 Å². The summed E-state index contributed by atoms with van der Waals surface area (Å²) in [5.74, 6) is -2.62. The standard InChI is InChI=1S/C35H58IN5O8S/c1-8-10-14-24(28(42)31(44)37-17-9-2)38-30(43)27-26(36)23(22(3)4)20-41(27)32(45)29(34(5,6)7)39-33(46)40-35(15-12-11-13-16-35)25-21-49-18-19-50(25,47)48/h9,22-27,29H,2,8,10-21H2,1,3-7H3,(H,37,44)(H,38,43)(H2,39,40,46)/t23?,24-,25?,26?,27?,29+/m0/s1. The zero-order valence-electron chi connectivity index (χ0n) is 30.5. The zero-order valence-corrected chi connectivity index (χ0v) is 33.5. The van der Waals surface area contributed by atoms with E-state index in [0.29, 0.717) is 19.3 Å². The molecule has 1 aliphatic carbocycles. The van der Waals surface area contributed by atoms with Gasteiger partial charge in [-0.15, -0.1) is 6.58 Å². The number of alkyl halides is 1. The Labute approximate surface area is 311 Å². The van der Waals surface area contributed by atoms with Gasteiger partial charge in [0.25, 0.3) is 5.91 Å². The smallest absolute Gasteiger partial charge is 0.315 e. The van der Waals surface area contributed by atoms with Gasteiger partial charge in [-0.1, -0.05) is 102 Å². The Bertz CT molecular complexity index is 1360. The topological polar surface area (TPSA) is 180 Å². The van der Waals surface area contributed by atoms with Crippen molar-refractivity contribution in [3.05, 3.63) is 12.7 Å². The van der Waals surface area contributed by atoms with E-state index in [1.54, 1.807) is 0 Å². The number of carbonyl (C=O) groups is 5. The Morgan fingerprint density at radius 2 is 1.74 bits per heavy atom. The number of nitrogens with zero attached hydrogens (tertiary/aromatic N) is 1. The monoisotopic (exact) mass is 835 g/mol. The predicted octanol–water partition coefficient (Wildman–Crippen LogP) is 3.05. The Morgan fingerprint density at radius 1 is 1.08 bits per heavy atom. The van der Waals surface area contributed by atoms with Gasteiger partial charge in [0.05, 0.1) is 30.5 Å². The third-order valence-electron chi connectivity index (χ3n) is 10.3. The fourth-order valence-electron chi connectivity index (χ4n) is 7.32. The first-order chi connectivity index (χ1) is 23.4. The van der Waals surface area contributed by atoms with Crippen molar-refractivity contribution in [3.63, 3.8) is 0 Å². The van der Waals surface area contributed by atoms with Crippen molar-refractivity contribution >= 4 is 62.0 Å². The second-order valence-electron chi connectivity index (χ2n) is 15.4. The van der Waals surface area contributed by atoms with Crippen LogP contribution in [0.1, 0.15) is 92.9 Å². The van der Waals surface area contributed by atoms with E-state index in [-0.39, 0.29) is 54.2 Å². The van der Waals surface area contributed by atoms with E-state index in [1.807, 2.05) is 41.5 Å². The number of likely N-dealkylation sites (tertiary alicyclic amines) is 1. The molecule has 0 radical (unpaired) electrons. The number of urea groups is 1. The van der Waals surface area contributed by atoms with E-state index in [0.717, 1.165) is 25.7 Å². The molecule has 2 heterocycles. The summed E-state index contributed by atoms with van der Waals surface area (Å²) in [6, 6.07) is -3.76. The number of amides is 5. The van der Waals surface area contributed by atoms with Gasteiger partial charge in [-0.05, 0) is 36.5 Å². The molecule has 0 spiro atoms. The SMILES string of the molecule is C=CCNC(=O)C(=O)[C@H](CCCC)NC(=O)C1C(I)C(C(C)C)CN1C(=O)[C@@H](NC(=O)NC1(C2COCCS2(=O)=O)CCCCC1)C(C)(C)C.